The first kappa shape index (κ1) is 23.2. The molecule has 31 heavy (non-hydrogen) atoms. The smallest absolute Gasteiger partial charge is 0.266 e. The van der Waals surface area contributed by atoms with Gasteiger partial charge in [0.1, 0.15) is 10.1 Å². The van der Waals surface area contributed by atoms with Crippen molar-refractivity contribution in [3.8, 4) is 17.2 Å². The number of benzene rings is 2. The maximum absolute atomic E-state index is 12.6. The van der Waals surface area contributed by atoms with Gasteiger partial charge in [-0.1, -0.05) is 42.2 Å². The standard InChI is InChI=1S/C24H27NO4S2/c1-5-25-23(26)21(31-24(25)30)15-18-8-6-9-20(27-4)22(18)29-11-7-10-28-19-13-16(2)12-17(3)14-19/h6,8-9,12-15H,5,7,10-11H2,1-4H3/b21-15+. The van der Waals surface area contributed by atoms with Crippen molar-refractivity contribution in [3.05, 3.63) is 58.0 Å². The van der Waals surface area contributed by atoms with Crippen LogP contribution in [0.5, 0.6) is 17.2 Å². The Labute approximate surface area is 193 Å². The highest BCUT2D eigenvalue weighted by Crippen LogP contribution is 2.37. The van der Waals surface area contributed by atoms with E-state index in [1.54, 1.807) is 12.0 Å². The van der Waals surface area contributed by atoms with Gasteiger partial charge in [-0.3, -0.25) is 9.69 Å². The van der Waals surface area contributed by atoms with E-state index in [0.29, 0.717) is 46.9 Å². The van der Waals surface area contributed by atoms with E-state index < -0.39 is 0 Å². The summed E-state index contributed by atoms with van der Waals surface area (Å²) < 4.78 is 18.0. The van der Waals surface area contributed by atoms with Crippen molar-refractivity contribution in [2.75, 3.05) is 26.9 Å². The van der Waals surface area contributed by atoms with Gasteiger partial charge >= 0.3 is 0 Å². The van der Waals surface area contributed by atoms with Gasteiger partial charge in [0.05, 0.1) is 25.2 Å². The summed E-state index contributed by atoms with van der Waals surface area (Å²) in [5.74, 6) is 2.02. The van der Waals surface area contributed by atoms with Crippen molar-refractivity contribution in [2.24, 2.45) is 0 Å². The highest BCUT2D eigenvalue weighted by molar-refractivity contribution is 8.26. The van der Waals surface area contributed by atoms with Crippen LogP contribution in [0, 0.1) is 13.8 Å². The van der Waals surface area contributed by atoms with Crippen LogP contribution >= 0.6 is 24.0 Å². The second-order valence-electron chi connectivity index (χ2n) is 7.18. The molecule has 1 aliphatic heterocycles. The van der Waals surface area contributed by atoms with Gasteiger partial charge in [-0.05, 0) is 56.2 Å². The molecule has 3 rings (SSSR count). The number of carbonyl (C=O) groups is 1. The molecule has 0 aliphatic carbocycles. The molecule has 0 unspecified atom stereocenters. The average Bonchev–Trinajstić information content (AvgIpc) is 3.00. The molecule has 5 nitrogen and oxygen atoms in total. The molecule has 164 valence electrons. The molecule has 1 fully saturated rings. The van der Waals surface area contributed by atoms with Gasteiger partial charge in [0.15, 0.2) is 11.5 Å². The number of aryl methyl sites for hydroxylation is 2. The number of carbonyl (C=O) groups excluding carboxylic acids is 1. The van der Waals surface area contributed by atoms with E-state index in [2.05, 4.69) is 19.9 Å². The molecule has 2 aromatic rings. The molecule has 1 heterocycles. The number of thiocarbonyl (C=S) groups is 1. The number of likely N-dealkylation sites (N-methyl/N-ethyl adjacent to an activating group) is 1. The maximum Gasteiger partial charge on any atom is 0.266 e. The SMILES string of the molecule is CCN1C(=O)/C(=C\c2cccc(OC)c2OCCCOc2cc(C)cc(C)c2)SC1=S. The molecule has 0 saturated carbocycles. The van der Waals surface area contributed by atoms with Crippen molar-refractivity contribution >= 4 is 40.3 Å². The Morgan fingerprint density at radius 3 is 2.45 bits per heavy atom. The lowest BCUT2D eigenvalue weighted by Crippen LogP contribution is -2.27. The van der Waals surface area contributed by atoms with Crippen molar-refractivity contribution in [1.29, 1.82) is 0 Å². The fourth-order valence-electron chi connectivity index (χ4n) is 3.31. The number of rotatable bonds is 9. The van der Waals surface area contributed by atoms with Crippen molar-refractivity contribution in [2.45, 2.75) is 27.2 Å². The fourth-order valence-corrected chi connectivity index (χ4v) is 4.69. The predicted octanol–water partition coefficient (Wildman–Crippen LogP) is 5.38. The molecule has 0 radical (unpaired) electrons. The largest absolute Gasteiger partial charge is 0.493 e. The zero-order valence-corrected chi connectivity index (χ0v) is 19.9. The second-order valence-corrected chi connectivity index (χ2v) is 8.85. The molecule has 7 heteroatoms. The molecule has 0 N–H and O–H groups in total. The van der Waals surface area contributed by atoms with Gasteiger partial charge in [0, 0.05) is 18.5 Å². The quantitative estimate of drug-likeness (QED) is 0.286. The minimum Gasteiger partial charge on any atom is -0.493 e. The zero-order chi connectivity index (χ0) is 22.4. The first-order chi connectivity index (χ1) is 14.9. The van der Waals surface area contributed by atoms with Crippen LogP contribution in [-0.4, -0.2) is 42.0 Å². The van der Waals surface area contributed by atoms with Crippen LogP contribution in [0.25, 0.3) is 6.08 Å². The van der Waals surface area contributed by atoms with Crippen LogP contribution in [0.3, 0.4) is 0 Å². The number of methoxy groups -OCH3 is 1. The molecule has 2 aromatic carbocycles. The highest BCUT2D eigenvalue weighted by atomic mass is 32.2. The van der Waals surface area contributed by atoms with Gasteiger partial charge in [-0.25, -0.2) is 0 Å². The number of thioether (sulfide) groups is 1. The summed E-state index contributed by atoms with van der Waals surface area (Å²) in [7, 11) is 1.60. The van der Waals surface area contributed by atoms with Gasteiger partial charge in [-0.2, -0.15) is 0 Å². The molecule has 0 atom stereocenters. The third-order valence-electron chi connectivity index (χ3n) is 4.70. The topological polar surface area (TPSA) is 48.0 Å². The lowest BCUT2D eigenvalue weighted by atomic mass is 10.1. The van der Waals surface area contributed by atoms with Crippen LogP contribution in [0.2, 0.25) is 0 Å². The summed E-state index contributed by atoms with van der Waals surface area (Å²) in [5, 5.41) is 0. The summed E-state index contributed by atoms with van der Waals surface area (Å²) in [6, 6.07) is 11.8. The number of hydrogen-bond donors (Lipinski definition) is 0. The van der Waals surface area contributed by atoms with E-state index in [1.165, 1.54) is 22.9 Å². The minimum absolute atomic E-state index is 0.0758. The molecule has 1 aliphatic rings. The fraction of sp³-hybridized carbons (Fsp3) is 0.333. The predicted molar refractivity (Wildman–Crippen MR) is 130 cm³/mol. The van der Waals surface area contributed by atoms with Crippen LogP contribution in [-0.2, 0) is 4.79 Å². The number of para-hydroxylation sites is 1. The summed E-state index contributed by atoms with van der Waals surface area (Å²) in [6.45, 7) is 7.59. The van der Waals surface area contributed by atoms with Gasteiger partial charge < -0.3 is 14.2 Å². The van der Waals surface area contributed by atoms with E-state index in [-0.39, 0.29) is 5.91 Å². The third-order valence-corrected chi connectivity index (χ3v) is 6.08. The van der Waals surface area contributed by atoms with Gasteiger partial charge in [-0.15, -0.1) is 0 Å². The zero-order valence-electron chi connectivity index (χ0n) is 18.3. The van der Waals surface area contributed by atoms with Crippen molar-refractivity contribution in [3.63, 3.8) is 0 Å². The molecular weight excluding hydrogens is 430 g/mol. The monoisotopic (exact) mass is 457 g/mol. The summed E-state index contributed by atoms with van der Waals surface area (Å²) in [4.78, 5) is 14.7. The van der Waals surface area contributed by atoms with Gasteiger partial charge in [0.2, 0.25) is 0 Å². The third kappa shape index (κ3) is 5.80. The average molecular weight is 458 g/mol. The summed E-state index contributed by atoms with van der Waals surface area (Å²) in [5.41, 5.74) is 3.14. The molecule has 0 spiro atoms. The molecule has 1 saturated heterocycles. The van der Waals surface area contributed by atoms with E-state index in [9.17, 15) is 4.79 Å². The highest BCUT2D eigenvalue weighted by Gasteiger charge is 2.31. The number of nitrogens with zero attached hydrogens (tertiary/aromatic N) is 1. The van der Waals surface area contributed by atoms with Crippen molar-refractivity contribution < 1.29 is 19.0 Å². The molecule has 1 amide bonds. The number of hydrogen-bond acceptors (Lipinski definition) is 6. The number of ether oxygens (including phenoxy) is 3. The lowest BCUT2D eigenvalue weighted by Gasteiger charge is -2.14. The molecule has 0 aromatic heterocycles. The first-order valence-electron chi connectivity index (χ1n) is 10.2. The van der Waals surface area contributed by atoms with Gasteiger partial charge in [0.25, 0.3) is 5.91 Å². The Balaban J connectivity index is 1.66. The normalized spacial score (nSPS) is 15.0. The van der Waals surface area contributed by atoms with E-state index in [1.807, 2.05) is 43.3 Å². The molecule has 0 bridgehead atoms. The Hall–Kier alpha value is -2.51. The van der Waals surface area contributed by atoms with Crippen molar-refractivity contribution in [1.82, 2.24) is 4.90 Å². The van der Waals surface area contributed by atoms with Crippen LogP contribution in [0.15, 0.2) is 41.3 Å². The lowest BCUT2D eigenvalue weighted by molar-refractivity contribution is -0.121. The Bertz CT molecular complexity index is 983. The second kappa shape index (κ2) is 10.7. The Morgan fingerprint density at radius 2 is 1.81 bits per heavy atom. The van der Waals surface area contributed by atoms with E-state index in [0.717, 1.165) is 11.3 Å². The first-order valence-corrected chi connectivity index (χ1v) is 11.4. The number of amides is 1. The summed E-state index contributed by atoms with van der Waals surface area (Å²) >= 11 is 6.61. The maximum atomic E-state index is 12.6. The summed E-state index contributed by atoms with van der Waals surface area (Å²) in [6.07, 6.45) is 2.53. The molecular formula is C24H27NO4S2. The van der Waals surface area contributed by atoms with Crippen LogP contribution in [0.4, 0.5) is 0 Å². The Kier molecular flexibility index (Phi) is 7.98. The Morgan fingerprint density at radius 1 is 1.10 bits per heavy atom. The van der Waals surface area contributed by atoms with Crippen LogP contribution < -0.4 is 14.2 Å². The minimum atomic E-state index is -0.0758. The van der Waals surface area contributed by atoms with E-state index >= 15 is 0 Å². The van der Waals surface area contributed by atoms with E-state index in [4.69, 9.17) is 26.4 Å². The van der Waals surface area contributed by atoms with Crippen LogP contribution in [0.1, 0.15) is 30.0 Å².